The van der Waals surface area contributed by atoms with E-state index in [4.69, 9.17) is 0 Å². The largest absolute Gasteiger partial charge is 0.744 e. The fourth-order valence-electron chi connectivity index (χ4n) is 6.93. The van der Waals surface area contributed by atoms with Crippen molar-refractivity contribution in [3.8, 4) is 0 Å². The van der Waals surface area contributed by atoms with Crippen LogP contribution in [0, 0.1) is 6.92 Å². The van der Waals surface area contributed by atoms with Crippen LogP contribution in [0.25, 0.3) is 5.57 Å². The van der Waals surface area contributed by atoms with Gasteiger partial charge in [0, 0.05) is 47.9 Å². The van der Waals surface area contributed by atoms with Crippen molar-refractivity contribution in [1.82, 2.24) is 0 Å². The van der Waals surface area contributed by atoms with Gasteiger partial charge in [-0.2, -0.15) is 8.42 Å². The Labute approximate surface area is 330 Å². The molecule has 0 aromatic heterocycles. The van der Waals surface area contributed by atoms with Gasteiger partial charge >= 0.3 is 0 Å². The Bertz CT molecular complexity index is 2590. The van der Waals surface area contributed by atoms with E-state index in [2.05, 4.69) is 89.3 Å². The van der Waals surface area contributed by atoms with Crippen LogP contribution < -0.4 is 10.2 Å². The lowest BCUT2D eigenvalue weighted by molar-refractivity contribution is -0.539. The van der Waals surface area contributed by atoms with Crippen molar-refractivity contribution in [3.63, 3.8) is 0 Å². The normalized spacial score (nSPS) is 14.9. The van der Waals surface area contributed by atoms with Crippen molar-refractivity contribution in [2.24, 2.45) is 0 Å². The smallest absolute Gasteiger partial charge is 0.294 e. The zero-order valence-corrected chi connectivity index (χ0v) is 33.4. The average molecular weight is 788 g/mol. The Balaban J connectivity index is 1.39. The van der Waals surface area contributed by atoms with Gasteiger partial charge in [-0.1, -0.05) is 60.7 Å². The van der Waals surface area contributed by atoms with Crippen molar-refractivity contribution in [1.29, 1.82) is 0 Å². The van der Waals surface area contributed by atoms with E-state index < -0.39 is 20.2 Å². The maximum Gasteiger partial charge on any atom is 0.294 e. The number of rotatable bonds is 13. The summed E-state index contributed by atoms with van der Waals surface area (Å²) in [4.78, 5) is 1.77. The molecule has 0 unspecified atom stereocenters. The molecule has 0 saturated heterocycles. The lowest BCUT2D eigenvalue weighted by Crippen LogP contribution is -2.22. The number of allylic oxidation sites excluding steroid dienone is 5. The van der Waals surface area contributed by atoms with E-state index in [9.17, 15) is 25.9 Å². The third-order valence-electron chi connectivity index (χ3n) is 9.82. The average Bonchev–Trinajstić information content (AvgIpc) is 3.18. The van der Waals surface area contributed by atoms with E-state index in [1.807, 2.05) is 56.3 Å². The second-order valence-electron chi connectivity index (χ2n) is 13.7. The Morgan fingerprint density at radius 1 is 0.750 bits per heavy atom. The highest BCUT2D eigenvalue weighted by atomic mass is 32.2. The first-order valence-corrected chi connectivity index (χ1v) is 21.2. The molecule has 0 spiro atoms. The summed E-state index contributed by atoms with van der Waals surface area (Å²) in [5.74, 6) is 0. The summed E-state index contributed by atoms with van der Waals surface area (Å²) >= 11 is 0. The van der Waals surface area contributed by atoms with Gasteiger partial charge in [0.05, 0.1) is 9.79 Å². The molecule has 288 valence electrons. The highest BCUT2D eigenvalue weighted by Crippen LogP contribution is 2.37. The summed E-state index contributed by atoms with van der Waals surface area (Å²) < 4.78 is 70.4. The minimum absolute atomic E-state index is 0.130. The van der Waals surface area contributed by atoms with E-state index >= 15 is 0 Å². The Morgan fingerprint density at radius 3 is 2.04 bits per heavy atom. The Hall–Kier alpha value is -5.59. The van der Waals surface area contributed by atoms with Gasteiger partial charge < -0.3 is 14.8 Å². The van der Waals surface area contributed by atoms with Crippen LogP contribution in [0.2, 0.25) is 0 Å². The molecule has 1 aliphatic rings. The SMILES string of the molecule is CCN(Cc1cccc(S(=O)(=O)[O-])c1)c1ccc(C(=C2C=CC(=[N+](CC)Cc3cccc(S(=O)(=O)O)c3)C=C2C)c2ccc(Nc3ccccc3)cc2)c(C)c1. The van der Waals surface area contributed by atoms with Crippen molar-refractivity contribution in [2.45, 2.75) is 50.6 Å². The molecule has 0 saturated carbocycles. The van der Waals surface area contributed by atoms with E-state index in [1.54, 1.807) is 12.1 Å². The van der Waals surface area contributed by atoms with E-state index in [-0.39, 0.29) is 9.79 Å². The second-order valence-corrected chi connectivity index (χ2v) is 16.5. The lowest BCUT2D eigenvalue weighted by Gasteiger charge is -2.26. The number of hydrogen-bond donors (Lipinski definition) is 2. The van der Waals surface area contributed by atoms with Crippen LogP contribution in [0.4, 0.5) is 17.1 Å². The summed E-state index contributed by atoms with van der Waals surface area (Å²) in [6, 6.07) is 37.3. The molecule has 5 aromatic rings. The van der Waals surface area contributed by atoms with Gasteiger partial charge in [-0.15, -0.1) is 0 Å². The van der Waals surface area contributed by atoms with Gasteiger partial charge in [-0.05, 0) is 133 Å². The number of anilines is 3. The molecule has 11 heteroatoms. The fourth-order valence-corrected chi connectivity index (χ4v) is 8.02. The molecule has 0 radical (unpaired) electrons. The monoisotopic (exact) mass is 787 g/mol. The van der Waals surface area contributed by atoms with E-state index in [1.165, 1.54) is 24.3 Å². The molecule has 6 rings (SSSR count). The van der Waals surface area contributed by atoms with Crippen LogP contribution in [0.15, 0.2) is 160 Å². The summed E-state index contributed by atoms with van der Waals surface area (Å²) in [6.07, 6.45) is 6.37. The minimum atomic E-state index is -4.57. The van der Waals surface area contributed by atoms with Gasteiger partial charge in [0.25, 0.3) is 10.1 Å². The van der Waals surface area contributed by atoms with Crippen LogP contribution >= 0.6 is 0 Å². The minimum Gasteiger partial charge on any atom is -0.744 e. The van der Waals surface area contributed by atoms with Gasteiger partial charge in [0.1, 0.15) is 16.7 Å². The standard InChI is InChI=1S/C45H45N3O6S2/c1-5-47(30-34-12-10-16-41(28-34)55(49,50)51)39-22-24-43(32(3)26-39)45(36-18-20-38(21-19-36)46-37-14-8-7-9-15-37)44-25-23-40(27-33(44)4)48(6-2)31-35-13-11-17-42(29-35)56(52,53)54/h7-29H,5-6,30-31H2,1-4H3,(H2,49,50,51,52,53,54). The van der Waals surface area contributed by atoms with Crippen LogP contribution in [-0.4, -0.2) is 49.3 Å². The summed E-state index contributed by atoms with van der Waals surface area (Å²) in [5, 5.41) is 3.47. The molecule has 0 atom stereocenters. The highest BCUT2D eigenvalue weighted by molar-refractivity contribution is 7.86. The summed E-state index contributed by atoms with van der Waals surface area (Å²) in [6.45, 7) is 10.5. The molecule has 5 aromatic carbocycles. The predicted octanol–water partition coefficient (Wildman–Crippen LogP) is 8.91. The Kier molecular flexibility index (Phi) is 12.2. The van der Waals surface area contributed by atoms with Crippen LogP contribution in [0.5, 0.6) is 0 Å². The van der Waals surface area contributed by atoms with Gasteiger partial charge in [0.15, 0.2) is 12.3 Å². The van der Waals surface area contributed by atoms with E-state index in [0.29, 0.717) is 26.2 Å². The Morgan fingerprint density at radius 2 is 1.41 bits per heavy atom. The molecule has 56 heavy (non-hydrogen) atoms. The molecule has 1 aliphatic carbocycles. The molecular weight excluding hydrogens is 743 g/mol. The third kappa shape index (κ3) is 9.61. The quantitative estimate of drug-likeness (QED) is 0.0895. The third-order valence-corrected chi connectivity index (χ3v) is 11.5. The van der Waals surface area contributed by atoms with E-state index in [0.717, 1.165) is 67.3 Å². The molecule has 0 amide bonds. The number of aryl methyl sites for hydroxylation is 1. The molecule has 9 nitrogen and oxygen atoms in total. The van der Waals surface area contributed by atoms with Crippen molar-refractivity contribution < 1.29 is 30.5 Å². The zero-order chi connectivity index (χ0) is 40.0. The van der Waals surface area contributed by atoms with Crippen molar-refractivity contribution in [3.05, 3.63) is 179 Å². The molecular formula is C45H45N3O6S2. The van der Waals surface area contributed by atoms with Crippen LogP contribution in [-0.2, 0) is 33.3 Å². The number of nitrogens with one attached hydrogen (secondary N) is 1. The summed E-state index contributed by atoms with van der Waals surface area (Å²) in [5.41, 5.74) is 11.7. The van der Waals surface area contributed by atoms with Gasteiger partial charge in [0.2, 0.25) is 0 Å². The fraction of sp³-hybridized carbons (Fsp3) is 0.178. The first kappa shape index (κ1) is 40.1. The number of nitrogens with zero attached hydrogens (tertiary/aromatic N) is 2. The topological polar surface area (TPSA) is 130 Å². The number of hydrogen-bond acceptors (Lipinski definition) is 7. The molecule has 2 N–H and O–H groups in total. The summed E-state index contributed by atoms with van der Waals surface area (Å²) in [7, 11) is -8.88. The van der Waals surface area contributed by atoms with Crippen molar-refractivity contribution >= 4 is 48.6 Å². The first-order chi connectivity index (χ1) is 26.7. The predicted molar refractivity (Wildman–Crippen MR) is 223 cm³/mol. The number of benzene rings is 5. The zero-order valence-electron chi connectivity index (χ0n) is 31.8. The molecule has 0 bridgehead atoms. The second kappa shape index (κ2) is 17.1. The maximum absolute atomic E-state index is 11.8. The lowest BCUT2D eigenvalue weighted by atomic mass is 9.85. The molecule has 0 aliphatic heterocycles. The first-order valence-electron chi connectivity index (χ1n) is 18.4. The maximum atomic E-state index is 11.8. The van der Waals surface area contributed by atoms with Crippen LogP contribution in [0.1, 0.15) is 48.6 Å². The van der Waals surface area contributed by atoms with Crippen LogP contribution in [0.3, 0.4) is 0 Å². The molecule has 0 fully saturated rings. The highest BCUT2D eigenvalue weighted by Gasteiger charge is 2.21. The van der Waals surface area contributed by atoms with Gasteiger partial charge in [-0.3, -0.25) is 4.55 Å². The number of para-hydroxylation sites is 1. The van der Waals surface area contributed by atoms with Crippen molar-refractivity contribution in [2.75, 3.05) is 23.3 Å². The molecule has 0 heterocycles. The van der Waals surface area contributed by atoms with Gasteiger partial charge in [-0.25, -0.2) is 13.0 Å².